The van der Waals surface area contributed by atoms with Crippen LogP contribution in [0.25, 0.3) is 0 Å². The number of rotatable bonds is 6. The number of nitrogens with one attached hydrogen (secondary N) is 1. The number of aryl methyl sites for hydroxylation is 1. The molecule has 0 spiro atoms. The van der Waals surface area contributed by atoms with Crippen LogP contribution in [0.15, 0.2) is 23.6 Å². The molecule has 0 radical (unpaired) electrons. The average molecular weight is 290 g/mol. The van der Waals surface area contributed by atoms with Crippen LogP contribution in [0.4, 0.5) is 0 Å². The van der Waals surface area contributed by atoms with Gasteiger partial charge in [0, 0.05) is 11.9 Å². The lowest BCUT2D eigenvalue weighted by atomic mass is 10.0. The smallest absolute Gasteiger partial charge is 0.140 e. The van der Waals surface area contributed by atoms with Gasteiger partial charge in [0.25, 0.3) is 0 Å². The first-order chi connectivity index (χ1) is 9.60. The van der Waals surface area contributed by atoms with Crippen LogP contribution in [0.3, 0.4) is 0 Å². The van der Waals surface area contributed by atoms with E-state index < -0.39 is 0 Å². The molecule has 0 fully saturated rings. The van der Waals surface area contributed by atoms with Crippen molar-refractivity contribution in [3.05, 3.63) is 45.4 Å². The van der Waals surface area contributed by atoms with Crippen molar-refractivity contribution in [3.8, 4) is 5.75 Å². The molecule has 108 valence electrons. The maximum Gasteiger partial charge on any atom is 0.140 e. The lowest BCUT2D eigenvalue weighted by molar-refractivity contribution is 0.300. The molecule has 0 aliphatic carbocycles. The molecule has 0 atom stereocenters. The Bertz CT molecular complexity index is 563. The Kier molecular flexibility index (Phi) is 5.15. The molecule has 0 unspecified atom stereocenters. The van der Waals surface area contributed by atoms with Gasteiger partial charge in [-0.1, -0.05) is 26.0 Å². The lowest BCUT2D eigenvalue weighted by Gasteiger charge is -2.14. The van der Waals surface area contributed by atoms with E-state index in [2.05, 4.69) is 54.7 Å². The Morgan fingerprint density at radius 1 is 1.35 bits per heavy atom. The molecule has 3 nitrogen and oxygen atoms in total. The first-order valence-corrected chi connectivity index (χ1v) is 7.79. The van der Waals surface area contributed by atoms with E-state index in [1.54, 1.807) is 11.3 Å². The molecule has 1 heterocycles. The minimum absolute atomic E-state index is 0.460. The first kappa shape index (κ1) is 15.0. The molecule has 20 heavy (non-hydrogen) atoms. The molecule has 0 saturated carbocycles. The zero-order valence-corrected chi connectivity index (χ0v) is 13.4. The van der Waals surface area contributed by atoms with Crippen molar-refractivity contribution in [2.24, 2.45) is 0 Å². The number of ether oxygens (including phenoxy) is 1. The standard InChI is InChI=1S/C16H22N2OS/c1-11(2)14-6-5-12(3)7-15(14)19-9-16-18-13(8-17-4)10-20-16/h5-7,10-11,17H,8-9H2,1-4H3. The number of thiazole rings is 1. The van der Waals surface area contributed by atoms with Gasteiger partial charge in [0.1, 0.15) is 17.4 Å². The molecule has 0 amide bonds. The van der Waals surface area contributed by atoms with E-state index >= 15 is 0 Å². The first-order valence-electron chi connectivity index (χ1n) is 6.91. The number of benzene rings is 1. The number of hydrogen-bond acceptors (Lipinski definition) is 4. The van der Waals surface area contributed by atoms with E-state index in [0.717, 1.165) is 23.0 Å². The molecular weight excluding hydrogens is 268 g/mol. The van der Waals surface area contributed by atoms with Gasteiger partial charge in [0.2, 0.25) is 0 Å². The van der Waals surface area contributed by atoms with Gasteiger partial charge in [-0.15, -0.1) is 11.3 Å². The summed E-state index contributed by atoms with van der Waals surface area (Å²) in [6.07, 6.45) is 0. The Morgan fingerprint density at radius 3 is 2.85 bits per heavy atom. The lowest BCUT2D eigenvalue weighted by Crippen LogP contribution is -2.05. The maximum atomic E-state index is 5.98. The van der Waals surface area contributed by atoms with Crippen molar-refractivity contribution in [1.29, 1.82) is 0 Å². The molecular formula is C16H22N2OS. The zero-order valence-electron chi connectivity index (χ0n) is 12.6. The fraction of sp³-hybridized carbons (Fsp3) is 0.438. The minimum Gasteiger partial charge on any atom is -0.486 e. The summed E-state index contributed by atoms with van der Waals surface area (Å²) in [4.78, 5) is 4.54. The molecule has 1 N–H and O–H groups in total. The van der Waals surface area contributed by atoms with Crippen molar-refractivity contribution in [1.82, 2.24) is 10.3 Å². The summed E-state index contributed by atoms with van der Waals surface area (Å²) in [5.41, 5.74) is 3.55. The van der Waals surface area contributed by atoms with Gasteiger partial charge in [-0.3, -0.25) is 0 Å². The summed E-state index contributed by atoms with van der Waals surface area (Å²) in [5.74, 6) is 1.44. The summed E-state index contributed by atoms with van der Waals surface area (Å²) in [6, 6.07) is 6.40. The second-order valence-electron chi connectivity index (χ2n) is 5.25. The van der Waals surface area contributed by atoms with Crippen molar-refractivity contribution in [3.63, 3.8) is 0 Å². The third-order valence-electron chi connectivity index (χ3n) is 3.10. The molecule has 4 heteroatoms. The van der Waals surface area contributed by atoms with Gasteiger partial charge in [0.15, 0.2) is 0 Å². The summed E-state index contributed by atoms with van der Waals surface area (Å²) in [7, 11) is 1.93. The van der Waals surface area contributed by atoms with E-state index in [9.17, 15) is 0 Å². The van der Waals surface area contributed by atoms with E-state index in [1.807, 2.05) is 7.05 Å². The zero-order chi connectivity index (χ0) is 14.5. The molecule has 0 aliphatic heterocycles. The topological polar surface area (TPSA) is 34.1 Å². The van der Waals surface area contributed by atoms with E-state index in [-0.39, 0.29) is 0 Å². The predicted octanol–water partition coefficient (Wildman–Crippen LogP) is 3.87. The van der Waals surface area contributed by atoms with Gasteiger partial charge in [-0.25, -0.2) is 4.98 Å². The second-order valence-corrected chi connectivity index (χ2v) is 6.19. The monoisotopic (exact) mass is 290 g/mol. The van der Waals surface area contributed by atoms with Crippen LogP contribution in [-0.2, 0) is 13.2 Å². The van der Waals surface area contributed by atoms with Crippen LogP contribution in [0.5, 0.6) is 5.75 Å². The SMILES string of the molecule is CNCc1csc(COc2cc(C)ccc2C(C)C)n1. The fourth-order valence-electron chi connectivity index (χ4n) is 2.06. The molecule has 0 bridgehead atoms. The quantitative estimate of drug-likeness (QED) is 0.877. The summed E-state index contributed by atoms with van der Waals surface area (Å²) >= 11 is 1.65. The Labute approximate surface area is 125 Å². The molecule has 0 aliphatic rings. The third kappa shape index (κ3) is 3.81. The normalized spacial score (nSPS) is 11.1. The second kappa shape index (κ2) is 6.86. The fourth-order valence-corrected chi connectivity index (χ4v) is 2.77. The Hall–Kier alpha value is -1.39. The van der Waals surface area contributed by atoms with Crippen molar-refractivity contribution >= 4 is 11.3 Å². The van der Waals surface area contributed by atoms with Gasteiger partial charge in [-0.2, -0.15) is 0 Å². The van der Waals surface area contributed by atoms with Crippen LogP contribution in [-0.4, -0.2) is 12.0 Å². The van der Waals surface area contributed by atoms with Crippen LogP contribution in [0.2, 0.25) is 0 Å². The Morgan fingerprint density at radius 2 is 2.15 bits per heavy atom. The highest BCUT2D eigenvalue weighted by molar-refractivity contribution is 7.09. The molecule has 1 aromatic carbocycles. The Balaban J connectivity index is 2.07. The van der Waals surface area contributed by atoms with Gasteiger partial charge >= 0.3 is 0 Å². The highest BCUT2D eigenvalue weighted by Gasteiger charge is 2.09. The predicted molar refractivity (Wildman–Crippen MR) is 84.5 cm³/mol. The van der Waals surface area contributed by atoms with Crippen LogP contribution >= 0.6 is 11.3 Å². The third-order valence-corrected chi connectivity index (χ3v) is 3.97. The van der Waals surface area contributed by atoms with E-state index in [1.165, 1.54) is 11.1 Å². The van der Waals surface area contributed by atoms with Crippen molar-refractivity contribution in [2.45, 2.75) is 39.8 Å². The summed E-state index contributed by atoms with van der Waals surface area (Å²) in [5, 5.41) is 6.20. The highest BCUT2D eigenvalue weighted by Crippen LogP contribution is 2.28. The number of aromatic nitrogens is 1. The van der Waals surface area contributed by atoms with Crippen LogP contribution in [0.1, 0.15) is 41.6 Å². The van der Waals surface area contributed by atoms with E-state index in [4.69, 9.17) is 4.74 Å². The van der Waals surface area contributed by atoms with Gasteiger partial charge < -0.3 is 10.1 Å². The van der Waals surface area contributed by atoms with Crippen LogP contribution < -0.4 is 10.1 Å². The number of hydrogen-bond donors (Lipinski definition) is 1. The number of nitrogens with zero attached hydrogens (tertiary/aromatic N) is 1. The van der Waals surface area contributed by atoms with Crippen molar-refractivity contribution < 1.29 is 4.74 Å². The summed E-state index contributed by atoms with van der Waals surface area (Å²) in [6.45, 7) is 7.80. The van der Waals surface area contributed by atoms with E-state index in [0.29, 0.717) is 12.5 Å². The molecule has 2 aromatic rings. The van der Waals surface area contributed by atoms with Crippen LogP contribution in [0, 0.1) is 6.92 Å². The highest BCUT2D eigenvalue weighted by atomic mass is 32.1. The van der Waals surface area contributed by atoms with Gasteiger partial charge in [0.05, 0.1) is 5.69 Å². The average Bonchev–Trinajstić information content (AvgIpc) is 2.84. The summed E-state index contributed by atoms with van der Waals surface area (Å²) < 4.78 is 5.98. The van der Waals surface area contributed by atoms with Crippen molar-refractivity contribution in [2.75, 3.05) is 7.05 Å². The van der Waals surface area contributed by atoms with Gasteiger partial charge in [-0.05, 0) is 37.1 Å². The minimum atomic E-state index is 0.460. The maximum absolute atomic E-state index is 5.98. The molecule has 1 aromatic heterocycles. The molecule has 2 rings (SSSR count). The largest absolute Gasteiger partial charge is 0.486 e. The molecule has 0 saturated heterocycles.